The van der Waals surface area contributed by atoms with Crippen molar-refractivity contribution in [1.82, 2.24) is 0 Å². The predicted octanol–water partition coefficient (Wildman–Crippen LogP) is 9.22. The van der Waals surface area contributed by atoms with Gasteiger partial charge in [0.2, 0.25) is 0 Å². The molecule has 0 spiro atoms. The van der Waals surface area contributed by atoms with Crippen LogP contribution in [-0.4, -0.2) is 8.07 Å². The highest BCUT2D eigenvalue weighted by Gasteiger charge is 2.47. The Hall–Kier alpha value is -3.68. The summed E-state index contributed by atoms with van der Waals surface area (Å²) in [7, 11) is -2.47. The van der Waals surface area contributed by atoms with Gasteiger partial charge in [0.15, 0.2) is 0 Å². The van der Waals surface area contributed by atoms with E-state index in [-0.39, 0.29) is 0 Å². The number of hydrogen-bond donors (Lipinski definition) is 0. The van der Waals surface area contributed by atoms with Crippen molar-refractivity contribution in [2.45, 2.75) is 33.2 Å². The summed E-state index contributed by atoms with van der Waals surface area (Å²) in [6, 6.07) is 38.7. The zero-order valence-electron chi connectivity index (χ0n) is 22.4. The largest absolute Gasteiger partial charge is 0.147 e. The van der Waals surface area contributed by atoms with Crippen LogP contribution >= 0.6 is 0 Å². The molecule has 0 aromatic heterocycles. The van der Waals surface area contributed by atoms with Gasteiger partial charge in [-0.25, -0.2) is 0 Å². The van der Waals surface area contributed by atoms with Crippen LogP contribution in [0, 0.1) is 12.8 Å². The highest BCUT2D eigenvalue weighted by atomic mass is 28.3. The van der Waals surface area contributed by atoms with Gasteiger partial charge in [-0.05, 0) is 72.2 Å². The van der Waals surface area contributed by atoms with Crippen molar-refractivity contribution in [2.24, 2.45) is 0 Å². The molecule has 2 aliphatic rings. The Labute approximate surface area is 227 Å². The van der Waals surface area contributed by atoms with Crippen LogP contribution in [0.2, 0.25) is 6.55 Å². The Morgan fingerprint density at radius 1 is 0.500 bits per heavy atom. The topological polar surface area (TPSA) is 0 Å². The van der Waals surface area contributed by atoms with E-state index in [0.717, 1.165) is 12.8 Å². The molecule has 0 bridgehead atoms. The van der Waals surface area contributed by atoms with Crippen LogP contribution in [0.5, 0.6) is 0 Å². The first-order chi connectivity index (χ1) is 18.6. The van der Waals surface area contributed by atoms with Gasteiger partial charge in [0.25, 0.3) is 0 Å². The third-order valence-electron chi connectivity index (χ3n) is 8.84. The van der Waals surface area contributed by atoms with Crippen LogP contribution in [0.3, 0.4) is 0 Å². The summed E-state index contributed by atoms with van der Waals surface area (Å²) in [4.78, 5) is 0. The predicted molar refractivity (Wildman–Crippen MR) is 167 cm³/mol. The summed E-state index contributed by atoms with van der Waals surface area (Å²) in [5.41, 5.74) is 8.70. The van der Waals surface area contributed by atoms with Gasteiger partial charge in [0.05, 0.1) is 0 Å². The van der Waals surface area contributed by atoms with E-state index < -0.39 is 8.07 Å². The minimum absolute atomic E-state index is 1.04. The zero-order valence-corrected chi connectivity index (χ0v) is 23.4. The quantitative estimate of drug-likeness (QED) is 0.209. The van der Waals surface area contributed by atoms with Crippen LogP contribution in [0.15, 0.2) is 114 Å². The van der Waals surface area contributed by atoms with Crippen molar-refractivity contribution in [3.63, 3.8) is 0 Å². The minimum atomic E-state index is -2.47. The Balaban J connectivity index is 1.62. The summed E-state index contributed by atoms with van der Waals surface area (Å²) in [5.74, 6) is 0. The van der Waals surface area contributed by atoms with E-state index in [1.807, 2.05) is 0 Å². The van der Waals surface area contributed by atoms with Crippen LogP contribution in [-0.2, 0) is 0 Å². The maximum absolute atomic E-state index is 2.63. The fourth-order valence-corrected chi connectivity index (χ4v) is 12.1. The first kappa shape index (κ1) is 23.4. The maximum atomic E-state index is 2.63. The second-order valence-electron chi connectivity index (χ2n) is 10.8. The van der Waals surface area contributed by atoms with Gasteiger partial charge in [-0.1, -0.05) is 135 Å². The van der Waals surface area contributed by atoms with Crippen LogP contribution in [0.4, 0.5) is 0 Å². The maximum Gasteiger partial charge on any atom is 0.147 e. The standard InChI is InChI=1S/C37H32Si/c1-4-25-23-29-21-19-27-13-9-11-17-32(27)34(29)36(25)38(3,31-15-7-6-8-16-31)37-26(5-2)24-30-22-20-28-14-10-12-18-33(28)35(30)37/h6-24H,4-5H2,1-3H3. The second-order valence-corrected chi connectivity index (χ2v) is 14.6. The van der Waals surface area contributed by atoms with Gasteiger partial charge in [0, 0.05) is 12.8 Å². The molecule has 5 aromatic rings. The molecule has 0 fully saturated rings. The molecule has 38 heavy (non-hydrogen) atoms. The van der Waals surface area contributed by atoms with E-state index in [1.54, 1.807) is 10.4 Å². The molecule has 5 aromatic carbocycles. The summed E-state index contributed by atoms with van der Waals surface area (Å²) in [6.07, 6.45) is 7.05. The van der Waals surface area contributed by atoms with Crippen molar-refractivity contribution in [3.05, 3.63) is 149 Å². The number of hydrogen-bond acceptors (Lipinski definition) is 0. The molecule has 7 rings (SSSR count). The lowest BCUT2D eigenvalue weighted by atomic mass is 10.0. The van der Waals surface area contributed by atoms with Crippen LogP contribution < -0.4 is 5.19 Å². The second kappa shape index (κ2) is 8.96. The van der Waals surface area contributed by atoms with E-state index in [2.05, 4.69) is 136 Å². The Bertz CT molecular complexity index is 1670. The SMILES string of the molecule is CCC1=C([Si](C)(C2=C(CC)[CH]c3ccc4ccccc4c32)c2ccccc2)c2c(ccc3ccccc23)[CH]1. The van der Waals surface area contributed by atoms with Crippen LogP contribution in [0.25, 0.3) is 31.9 Å². The molecule has 0 atom stereocenters. The third kappa shape index (κ3) is 3.28. The first-order valence-electron chi connectivity index (χ1n) is 13.9. The number of allylic oxidation sites excluding steroid dienone is 2. The molecule has 0 saturated heterocycles. The highest BCUT2D eigenvalue weighted by molar-refractivity contribution is 7.18. The molecule has 1 heteroatoms. The summed E-state index contributed by atoms with van der Waals surface area (Å²) < 4.78 is 0. The van der Waals surface area contributed by atoms with Gasteiger partial charge in [-0.3, -0.25) is 0 Å². The van der Waals surface area contributed by atoms with Crippen molar-refractivity contribution in [3.8, 4) is 0 Å². The lowest BCUT2D eigenvalue weighted by molar-refractivity contribution is 1.13. The number of fused-ring (bicyclic) bond motifs is 6. The average molecular weight is 505 g/mol. The van der Waals surface area contributed by atoms with Crippen molar-refractivity contribution in [2.75, 3.05) is 0 Å². The van der Waals surface area contributed by atoms with Crippen molar-refractivity contribution >= 4 is 45.2 Å². The monoisotopic (exact) mass is 504 g/mol. The smallest absolute Gasteiger partial charge is 0.0624 e. The Kier molecular flexibility index (Phi) is 5.53. The highest BCUT2D eigenvalue weighted by Crippen LogP contribution is 2.53. The molecule has 0 saturated carbocycles. The third-order valence-corrected chi connectivity index (χ3v) is 13.5. The van der Waals surface area contributed by atoms with E-state index in [0.29, 0.717) is 0 Å². The zero-order chi connectivity index (χ0) is 25.9. The summed E-state index contributed by atoms with van der Waals surface area (Å²) in [5, 5.41) is 10.1. The van der Waals surface area contributed by atoms with Crippen molar-refractivity contribution < 1.29 is 0 Å². The molecule has 2 aliphatic carbocycles. The molecule has 2 radical (unpaired) electrons. The molecule has 0 unspecified atom stereocenters. The first-order valence-corrected chi connectivity index (χ1v) is 16.4. The van der Waals surface area contributed by atoms with Gasteiger partial charge in [-0.2, -0.15) is 0 Å². The van der Waals surface area contributed by atoms with Gasteiger partial charge in [-0.15, -0.1) is 0 Å². The fraction of sp³-hybridized carbons (Fsp3) is 0.135. The van der Waals surface area contributed by atoms with Gasteiger partial charge >= 0.3 is 0 Å². The van der Waals surface area contributed by atoms with Gasteiger partial charge in [0.1, 0.15) is 8.07 Å². The molecule has 0 N–H and O–H groups in total. The average Bonchev–Trinajstić information content (AvgIpc) is 3.57. The van der Waals surface area contributed by atoms with Crippen LogP contribution in [0.1, 0.15) is 48.9 Å². The molecule has 0 nitrogen and oxygen atoms in total. The van der Waals surface area contributed by atoms with Crippen molar-refractivity contribution in [1.29, 1.82) is 0 Å². The number of benzene rings is 5. The van der Waals surface area contributed by atoms with E-state index in [9.17, 15) is 0 Å². The molecule has 184 valence electrons. The molecular formula is C37H32Si. The van der Waals surface area contributed by atoms with E-state index >= 15 is 0 Å². The van der Waals surface area contributed by atoms with E-state index in [4.69, 9.17) is 0 Å². The van der Waals surface area contributed by atoms with E-state index in [1.165, 1.54) is 60.1 Å². The minimum Gasteiger partial charge on any atom is -0.0624 e. The normalized spacial score (nSPS) is 15.0. The summed E-state index contributed by atoms with van der Waals surface area (Å²) >= 11 is 0. The van der Waals surface area contributed by atoms with Gasteiger partial charge < -0.3 is 0 Å². The Morgan fingerprint density at radius 3 is 1.42 bits per heavy atom. The summed E-state index contributed by atoms with van der Waals surface area (Å²) in [6.45, 7) is 7.30. The molecule has 0 aliphatic heterocycles. The number of rotatable bonds is 5. The molecule has 0 heterocycles. The lowest BCUT2D eigenvalue weighted by Crippen LogP contribution is -2.48. The lowest BCUT2D eigenvalue weighted by Gasteiger charge is -2.36. The molecule has 0 amide bonds. The Morgan fingerprint density at radius 2 is 0.947 bits per heavy atom. The molecular weight excluding hydrogens is 472 g/mol. The fourth-order valence-electron chi connectivity index (χ4n) is 7.10.